The minimum absolute atomic E-state index is 0.0495. The summed E-state index contributed by atoms with van der Waals surface area (Å²) in [5.74, 6) is -1.19. The van der Waals surface area contributed by atoms with Gasteiger partial charge in [-0.1, -0.05) is 91.3 Å². The molecule has 0 spiro atoms. The minimum atomic E-state index is -4.76. The van der Waals surface area contributed by atoms with E-state index in [1.165, 1.54) is 23.1 Å². The molecule has 0 saturated carbocycles. The quantitative estimate of drug-likeness (QED) is 0.171. The first-order chi connectivity index (χ1) is 22.3. The first-order valence-corrected chi connectivity index (χ1v) is 16.7. The summed E-state index contributed by atoms with van der Waals surface area (Å²) >= 11 is 0. The molecule has 0 saturated heterocycles. The Morgan fingerprint density at radius 2 is 1.43 bits per heavy atom. The molecule has 4 rings (SSSR count). The molecule has 0 heterocycles. The molecule has 4 aromatic carbocycles. The largest absolute Gasteiger partial charge is 0.416 e. The smallest absolute Gasteiger partial charge is 0.352 e. The molecule has 0 radical (unpaired) electrons. The molecule has 4 aromatic rings. The van der Waals surface area contributed by atoms with Crippen molar-refractivity contribution in [3.05, 3.63) is 131 Å². The van der Waals surface area contributed by atoms with Crippen molar-refractivity contribution in [1.29, 1.82) is 0 Å². The summed E-state index contributed by atoms with van der Waals surface area (Å²) in [6.45, 7) is 4.61. The fraction of sp³-hybridized carbons (Fsp3) is 0.278. The van der Waals surface area contributed by atoms with Crippen LogP contribution < -0.4 is 9.62 Å². The Morgan fingerprint density at radius 3 is 2.00 bits per heavy atom. The molecule has 1 N–H and O–H groups in total. The molecule has 0 aliphatic rings. The number of halogens is 3. The van der Waals surface area contributed by atoms with Gasteiger partial charge in [0.1, 0.15) is 12.6 Å². The molecular weight excluding hydrogens is 627 g/mol. The summed E-state index contributed by atoms with van der Waals surface area (Å²) in [6, 6.07) is 26.4. The number of hydrogen-bond acceptors (Lipinski definition) is 4. The van der Waals surface area contributed by atoms with Gasteiger partial charge >= 0.3 is 6.18 Å². The number of hydrogen-bond donors (Lipinski definition) is 1. The molecule has 7 nitrogen and oxygen atoms in total. The van der Waals surface area contributed by atoms with Gasteiger partial charge in [0.25, 0.3) is 10.0 Å². The Hall–Kier alpha value is -4.64. The van der Waals surface area contributed by atoms with E-state index in [1.54, 1.807) is 49.4 Å². The number of amides is 2. The second kappa shape index (κ2) is 15.3. The highest BCUT2D eigenvalue weighted by Crippen LogP contribution is 2.33. The molecule has 47 heavy (non-hydrogen) atoms. The molecule has 0 fully saturated rings. The maximum atomic E-state index is 14.5. The van der Waals surface area contributed by atoms with Crippen molar-refractivity contribution < 1.29 is 31.2 Å². The lowest BCUT2D eigenvalue weighted by molar-refractivity contribution is -0.140. The summed E-state index contributed by atoms with van der Waals surface area (Å²) in [7, 11) is -4.54. The van der Waals surface area contributed by atoms with E-state index in [2.05, 4.69) is 5.32 Å². The maximum Gasteiger partial charge on any atom is 0.416 e. The number of carbonyl (C=O) groups is 2. The van der Waals surface area contributed by atoms with Crippen LogP contribution in [0.15, 0.2) is 114 Å². The fourth-order valence-corrected chi connectivity index (χ4v) is 6.38. The van der Waals surface area contributed by atoms with Crippen molar-refractivity contribution in [3.8, 4) is 0 Å². The number of aryl methyl sites for hydroxylation is 1. The standard InChI is InChI=1S/C36H38F3N3O4S/c1-4-27(3)40-35(44)33(22-28-12-7-5-8-13-28)41(24-29-14-9-6-10-15-29)34(43)25-42(31-17-11-16-30(23-31)36(37,38)39)47(45,46)32-20-18-26(2)19-21-32/h5-21,23,27,33H,4,22,24-25H2,1-3H3,(H,40,44). The predicted molar refractivity (Wildman–Crippen MR) is 176 cm³/mol. The molecule has 2 amide bonds. The van der Waals surface area contributed by atoms with Crippen LogP contribution >= 0.6 is 0 Å². The SMILES string of the molecule is CCC(C)NC(=O)C(Cc1ccccc1)N(Cc1ccccc1)C(=O)CN(c1cccc(C(F)(F)F)c1)S(=O)(=O)c1ccc(C)cc1. The Bertz CT molecular complexity index is 1750. The van der Waals surface area contributed by atoms with Gasteiger partial charge in [-0.3, -0.25) is 13.9 Å². The van der Waals surface area contributed by atoms with Crippen molar-refractivity contribution in [2.24, 2.45) is 0 Å². The Labute approximate surface area is 274 Å². The van der Waals surface area contributed by atoms with E-state index in [0.717, 1.165) is 23.3 Å². The molecule has 2 unspecified atom stereocenters. The highest BCUT2D eigenvalue weighted by molar-refractivity contribution is 7.92. The van der Waals surface area contributed by atoms with E-state index < -0.39 is 46.2 Å². The zero-order valence-corrected chi connectivity index (χ0v) is 27.3. The van der Waals surface area contributed by atoms with Crippen LogP contribution in [0, 0.1) is 6.92 Å². The zero-order valence-electron chi connectivity index (χ0n) is 26.4. The second-order valence-corrected chi connectivity index (χ2v) is 13.3. The maximum absolute atomic E-state index is 14.5. The van der Waals surface area contributed by atoms with Crippen molar-refractivity contribution >= 4 is 27.5 Å². The van der Waals surface area contributed by atoms with E-state index >= 15 is 0 Å². The van der Waals surface area contributed by atoms with E-state index in [0.29, 0.717) is 22.4 Å². The summed E-state index contributed by atoms with van der Waals surface area (Å²) < 4.78 is 70.2. The molecule has 11 heteroatoms. The van der Waals surface area contributed by atoms with Crippen LogP contribution in [0.3, 0.4) is 0 Å². The Morgan fingerprint density at radius 1 is 0.830 bits per heavy atom. The summed E-state index contributed by atoms with van der Waals surface area (Å²) in [4.78, 5) is 29.4. The van der Waals surface area contributed by atoms with Gasteiger partial charge in [0.05, 0.1) is 16.1 Å². The summed E-state index contributed by atoms with van der Waals surface area (Å²) in [5.41, 5.74) is 0.822. The topological polar surface area (TPSA) is 86.8 Å². The first kappa shape index (κ1) is 35.2. The fourth-order valence-electron chi connectivity index (χ4n) is 4.98. The number of nitrogens with one attached hydrogen (secondary N) is 1. The lowest BCUT2D eigenvalue weighted by atomic mass is 10.0. The van der Waals surface area contributed by atoms with Gasteiger partial charge in [-0.25, -0.2) is 8.42 Å². The number of rotatable bonds is 13. The van der Waals surface area contributed by atoms with E-state index in [9.17, 15) is 31.2 Å². The third-order valence-corrected chi connectivity index (χ3v) is 9.61. The summed E-state index contributed by atoms with van der Waals surface area (Å²) in [6.07, 6.45) is -4.00. The van der Waals surface area contributed by atoms with Crippen LogP contribution in [0.5, 0.6) is 0 Å². The van der Waals surface area contributed by atoms with Crippen LogP contribution in [0.25, 0.3) is 0 Å². The second-order valence-electron chi connectivity index (χ2n) is 11.4. The van der Waals surface area contributed by atoms with Crippen LogP contribution in [0.4, 0.5) is 18.9 Å². The van der Waals surface area contributed by atoms with Crippen molar-refractivity contribution in [2.75, 3.05) is 10.8 Å². The Kier molecular flexibility index (Phi) is 11.5. The third-order valence-electron chi connectivity index (χ3n) is 7.82. The van der Waals surface area contributed by atoms with Gasteiger partial charge in [-0.2, -0.15) is 13.2 Å². The molecule has 0 aliphatic carbocycles. The predicted octanol–water partition coefficient (Wildman–Crippen LogP) is 6.76. The monoisotopic (exact) mass is 665 g/mol. The number of benzene rings is 4. The van der Waals surface area contributed by atoms with Crippen LogP contribution in [-0.4, -0.2) is 43.8 Å². The average Bonchev–Trinajstić information content (AvgIpc) is 3.05. The normalized spacial score (nSPS) is 13.0. The molecule has 0 aliphatic heterocycles. The van der Waals surface area contributed by atoms with Gasteiger partial charge in [-0.15, -0.1) is 0 Å². The van der Waals surface area contributed by atoms with Gasteiger partial charge in [0, 0.05) is 19.0 Å². The molecule has 248 valence electrons. The van der Waals surface area contributed by atoms with Crippen molar-refractivity contribution in [1.82, 2.24) is 10.2 Å². The number of nitrogens with zero attached hydrogens (tertiary/aromatic N) is 2. The molecular formula is C36H38F3N3O4S. The van der Waals surface area contributed by atoms with Gasteiger partial charge < -0.3 is 10.2 Å². The van der Waals surface area contributed by atoms with Crippen molar-refractivity contribution in [2.45, 2.75) is 63.3 Å². The van der Waals surface area contributed by atoms with E-state index in [1.807, 2.05) is 44.2 Å². The van der Waals surface area contributed by atoms with Crippen LogP contribution in [0.2, 0.25) is 0 Å². The van der Waals surface area contributed by atoms with Crippen LogP contribution in [0.1, 0.15) is 42.5 Å². The van der Waals surface area contributed by atoms with Gasteiger partial charge in [0.15, 0.2) is 0 Å². The summed E-state index contributed by atoms with van der Waals surface area (Å²) in [5, 5.41) is 2.95. The third kappa shape index (κ3) is 9.22. The van der Waals surface area contributed by atoms with Gasteiger partial charge in [0.2, 0.25) is 11.8 Å². The molecule has 0 aromatic heterocycles. The average molecular weight is 666 g/mol. The van der Waals surface area contributed by atoms with Crippen LogP contribution in [-0.2, 0) is 38.8 Å². The lowest BCUT2D eigenvalue weighted by Crippen LogP contribution is -2.54. The first-order valence-electron chi connectivity index (χ1n) is 15.2. The zero-order chi connectivity index (χ0) is 34.2. The molecule has 2 atom stereocenters. The number of anilines is 1. The van der Waals surface area contributed by atoms with E-state index in [4.69, 9.17) is 0 Å². The van der Waals surface area contributed by atoms with Crippen molar-refractivity contribution in [3.63, 3.8) is 0 Å². The Balaban J connectivity index is 1.83. The van der Waals surface area contributed by atoms with Gasteiger partial charge in [-0.05, 0) is 61.7 Å². The highest BCUT2D eigenvalue weighted by Gasteiger charge is 2.36. The van der Waals surface area contributed by atoms with E-state index in [-0.39, 0.29) is 29.6 Å². The highest BCUT2D eigenvalue weighted by atomic mass is 32.2. The number of sulfonamides is 1. The molecule has 0 bridgehead atoms. The number of alkyl halides is 3. The minimum Gasteiger partial charge on any atom is -0.352 e. The lowest BCUT2D eigenvalue weighted by Gasteiger charge is -2.34. The number of carbonyl (C=O) groups excluding carboxylic acids is 2.